The van der Waals surface area contributed by atoms with Gasteiger partial charge in [-0.15, -0.1) is 0 Å². The van der Waals surface area contributed by atoms with Crippen molar-refractivity contribution >= 4 is 28.5 Å². The fourth-order valence-electron chi connectivity index (χ4n) is 6.10. The van der Waals surface area contributed by atoms with E-state index in [2.05, 4.69) is 39.7 Å². The highest BCUT2D eigenvalue weighted by Crippen LogP contribution is 2.34. The normalized spacial score (nSPS) is 20.7. The van der Waals surface area contributed by atoms with Crippen molar-refractivity contribution in [3.63, 3.8) is 0 Å². The first-order valence-electron chi connectivity index (χ1n) is 14.0. The Bertz CT molecular complexity index is 1530. The summed E-state index contributed by atoms with van der Waals surface area (Å²) >= 11 is 0. The first-order chi connectivity index (χ1) is 20.0. The second-order valence-electron chi connectivity index (χ2n) is 10.8. The molecule has 2 fully saturated rings. The first kappa shape index (κ1) is 26.7. The third-order valence-corrected chi connectivity index (χ3v) is 8.38. The number of anilines is 1. The van der Waals surface area contributed by atoms with Crippen molar-refractivity contribution in [2.45, 2.75) is 44.4 Å². The van der Waals surface area contributed by atoms with Crippen LogP contribution in [0.3, 0.4) is 0 Å². The molecule has 1 aromatic carbocycles. The summed E-state index contributed by atoms with van der Waals surface area (Å²) in [7, 11) is 2.10. The summed E-state index contributed by atoms with van der Waals surface area (Å²) in [4.78, 5) is 43.6. The Morgan fingerprint density at radius 1 is 1.22 bits per heavy atom. The summed E-state index contributed by atoms with van der Waals surface area (Å²) in [5.74, 6) is 0.378. The van der Waals surface area contributed by atoms with Crippen LogP contribution in [0.4, 0.5) is 5.82 Å². The van der Waals surface area contributed by atoms with Gasteiger partial charge in [-0.05, 0) is 38.6 Å². The fourth-order valence-corrected chi connectivity index (χ4v) is 6.10. The standard InChI is InChI=1S/C29H33N9O3/c1-3-25(39)38-13-12-36(15-20(38)9-10-30)27-23-16-37(28(40)22-8-4-6-19-14-31-34-26(19)22)17-24(23)32-29(33-27)41-18-21-7-5-11-35(21)2/h3-4,6,8,14,20-21H,1,5,7,9,11-13,15-18H2,2H3,(H,31,34)/t20-,21-/m0/s1. The second kappa shape index (κ2) is 11.2. The van der Waals surface area contributed by atoms with Gasteiger partial charge >= 0.3 is 6.01 Å². The Morgan fingerprint density at radius 3 is 2.88 bits per heavy atom. The molecule has 2 atom stereocenters. The summed E-state index contributed by atoms with van der Waals surface area (Å²) in [6.07, 6.45) is 5.38. The maximum atomic E-state index is 13.7. The number of hydrogen-bond donors (Lipinski definition) is 1. The molecule has 2 amide bonds. The Kier molecular flexibility index (Phi) is 7.28. The van der Waals surface area contributed by atoms with Crippen LogP contribution < -0.4 is 9.64 Å². The zero-order chi connectivity index (χ0) is 28.5. The first-order valence-corrected chi connectivity index (χ1v) is 14.0. The molecule has 5 heterocycles. The maximum absolute atomic E-state index is 13.7. The van der Waals surface area contributed by atoms with Crippen molar-refractivity contribution in [2.75, 3.05) is 44.7 Å². The minimum atomic E-state index is -0.307. The number of likely N-dealkylation sites (tertiary alicyclic amines) is 1. The van der Waals surface area contributed by atoms with Crippen LogP contribution in [0.15, 0.2) is 37.1 Å². The lowest BCUT2D eigenvalue weighted by Crippen LogP contribution is -2.55. The highest BCUT2D eigenvalue weighted by molar-refractivity contribution is 6.05. The number of hydrogen-bond acceptors (Lipinski definition) is 9. The molecule has 0 saturated carbocycles. The molecular formula is C29H33N9O3. The number of nitrogens with zero attached hydrogens (tertiary/aromatic N) is 8. The summed E-state index contributed by atoms with van der Waals surface area (Å²) < 4.78 is 6.16. The Morgan fingerprint density at radius 2 is 2.10 bits per heavy atom. The number of likely N-dealkylation sites (N-methyl/N-ethyl adjacent to an activating group) is 1. The molecule has 0 radical (unpaired) electrons. The van der Waals surface area contributed by atoms with Gasteiger partial charge in [0, 0.05) is 36.6 Å². The van der Waals surface area contributed by atoms with E-state index in [0.717, 1.165) is 36.0 Å². The number of para-hydroxylation sites is 1. The van der Waals surface area contributed by atoms with E-state index < -0.39 is 0 Å². The van der Waals surface area contributed by atoms with Crippen LogP contribution in [0.1, 0.15) is 40.9 Å². The van der Waals surface area contributed by atoms with Crippen molar-refractivity contribution in [3.8, 4) is 12.1 Å². The van der Waals surface area contributed by atoms with Crippen molar-refractivity contribution in [1.82, 2.24) is 34.9 Å². The van der Waals surface area contributed by atoms with Gasteiger partial charge in [0.1, 0.15) is 12.4 Å². The predicted molar refractivity (Wildman–Crippen MR) is 151 cm³/mol. The quantitative estimate of drug-likeness (QED) is 0.435. The van der Waals surface area contributed by atoms with Gasteiger partial charge < -0.3 is 24.3 Å². The number of ether oxygens (including phenoxy) is 1. The lowest BCUT2D eigenvalue weighted by Gasteiger charge is -2.41. The number of nitriles is 1. The maximum Gasteiger partial charge on any atom is 0.318 e. The van der Waals surface area contributed by atoms with Crippen LogP contribution in [-0.4, -0.2) is 98.6 Å². The molecule has 6 rings (SSSR count). The summed E-state index contributed by atoms with van der Waals surface area (Å²) in [5.41, 5.74) is 2.86. The Labute approximate surface area is 238 Å². The smallest absolute Gasteiger partial charge is 0.318 e. The Hall–Kier alpha value is -4.50. The molecule has 3 aromatic rings. The summed E-state index contributed by atoms with van der Waals surface area (Å²) in [6.45, 7) is 7.20. The molecule has 12 nitrogen and oxygen atoms in total. The van der Waals surface area contributed by atoms with Crippen LogP contribution in [0.2, 0.25) is 0 Å². The molecule has 212 valence electrons. The third kappa shape index (κ3) is 5.09. The van der Waals surface area contributed by atoms with Crippen LogP contribution in [0.25, 0.3) is 10.9 Å². The highest BCUT2D eigenvalue weighted by Gasteiger charge is 2.36. The topological polar surface area (TPSA) is 135 Å². The molecule has 3 aliphatic rings. The third-order valence-electron chi connectivity index (χ3n) is 8.38. The number of amides is 2. The fraction of sp³-hybridized carbons (Fsp3) is 0.448. The average Bonchev–Trinajstić information content (AvgIpc) is 3.74. The van der Waals surface area contributed by atoms with Gasteiger partial charge in [0.15, 0.2) is 0 Å². The van der Waals surface area contributed by atoms with E-state index in [-0.39, 0.29) is 30.3 Å². The molecule has 0 aliphatic carbocycles. The van der Waals surface area contributed by atoms with Crippen LogP contribution in [-0.2, 0) is 17.9 Å². The highest BCUT2D eigenvalue weighted by atomic mass is 16.5. The van der Waals surface area contributed by atoms with E-state index in [1.807, 2.05) is 12.1 Å². The number of nitrogens with one attached hydrogen (secondary N) is 1. The number of carbonyl (C=O) groups is 2. The van der Waals surface area contributed by atoms with E-state index in [4.69, 9.17) is 14.7 Å². The van der Waals surface area contributed by atoms with E-state index in [1.54, 1.807) is 22.1 Å². The van der Waals surface area contributed by atoms with Crippen molar-refractivity contribution in [2.24, 2.45) is 0 Å². The average molecular weight is 556 g/mol. The number of aromatic nitrogens is 4. The van der Waals surface area contributed by atoms with Crippen LogP contribution in [0, 0.1) is 11.3 Å². The molecule has 12 heteroatoms. The molecule has 41 heavy (non-hydrogen) atoms. The monoisotopic (exact) mass is 555 g/mol. The Balaban J connectivity index is 1.30. The predicted octanol–water partition coefficient (Wildman–Crippen LogP) is 2.10. The number of piperazine rings is 1. The number of rotatable bonds is 7. The summed E-state index contributed by atoms with van der Waals surface area (Å²) in [6, 6.07) is 8.06. The van der Waals surface area contributed by atoms with Gasteiger partial charge in [-0.1, -0.05) is 18.7 Å². The van der Waals surface area contributed by atoms with Crippen molar-refractivity contribution in [1.29, 1.82) is 5.26 Å². The lowest BCUT2D eigenvalue weighted by molar-refractivity contribution is -0.128. The van der Waals surface area contributed by atoms with Gasteiger partial charge in [-0.25, -0.2) is 0 Å². The minimum absolute atomic E-state index is 0.123. The van der Waals surface area contributed by atoms with Crippen molar-refractivity contribution in [3.05, 3.63) is 53.9 Å². The van der Waals surface area contributed by atoms with Gasteiger partial charge in [0.25, 0.3) is 5.91 Å². The minimum Gasteiger partial charge on any atom is -0.462 e. The number of H-pyrrole nitrogens is 1. The van der Waals surface area contributed by atoms with Crippen molar-refractivity contribution < 1.29 is 14.3 Å². The molecule has 0 unspecified atom stereocenters. The molecule has 2 aromatic heterocycles. The van der Waals surface area contributed by atoms with Crippen LogP contribution >= 0.6 is 0 Å². The zero-order valence-corrected chi connectivity index (χ0v) is 23.1. The number of carbonyl (C=O) groups excluding carboxylic acids is 2. The van der Waals surface area contributed by atoms with E-state index in [9.17, 15) is 14.9 Å². The van der Waals surface area contributed by atoms with Gasteiger partial charge in [0.05, 0.1) is 54.6 Å². The SMILES string of the molecule is C=CC(=O)N1CCN(c2nc(OC[C@@H]3CCCN3C)nc3c2CN(C(=O)c2cccc4cn[nH]c24)C3)C[C@@H]1CC#N. The second-order valence-corrected chi connectivity index (χ2v) is 10.8. The van der Waals surface area contributed by atoms with Gasteiger partial charge in [-0.3, -0.25) is 14.7 Å². The lowest BCUT2D eigenvalue weighted by atomic mass is 10.1. The molecule has 0 bridgehead atoms. The number of benzene rings is 1. The largest absolute Gasteiger partial charge is 0.462 e. The van der Waals surface area contributed by atoms with Gasteiger partial charge in [-0.2, -0.15) is 20.3 Å². The zero-order valence-electron chi connectivity index (χ0n) is 23.1. The molecule has 2 saturated heterocycles. The molecular weight excluding hydrogens is 522 g/mol. The van der Waals surface area contributed by atoms with Gasteiger partial charge in [0.2, 0.25) is 5.91 Å². The summed E-state index contributed by atoms with van der Waals surface area (Å²) in [5, 5.41) is 17.4. The number of fused-ring (bicyclic) bond motifs is 2. The molecule has 3 aliphatic heterocycles. The van der Waals surface area contributed by atoms with Crippen LogP contribution in [0.5, 0.6) is 6.01 Å². The van der Waals surface area contributed by atoms with E-state index in [1.165, 1.54) is 6.08 Å². The van der Waals surface area contributed by atoms with E-state index >= 15 is 0 Å². The molecule has 1 N–H and O–H groups in total. The molecule has 0 spiro atoms. The number of aromatic amines is 1. The van der Waals surface area contributed by atoms with E-state index in [0.29, 0.717) is 62.3 Å².